The molecule has 2 atom stereocenters. The normalized spacial score (nSPS) is 31.9. The van der Waals surface area contributed by atoms with Crippen LogP contribution in [0.15, 0.2) is 0 Å². The number of carbonyl (C=O) groups is 1. The molecule has 0 aliphatic carbocycles. The van der Waals surface area contributed by atoms with Gasteiger partial charge in [-0.2, -0.15) is 0 Å². The third-order valence-electron chi connectivity index (χ3n) is 4.35. The molecule has 2 unspecified atom stereocenters. The van der Waals surface area contributed by atoms with E-state index in [4.69, 9.17) is 0 Å². The second-order valence-corrected chi connectivity index (χ2v) is 5.79. The highest BCUT2D eigenvalue weighted by molar-refractivity contribution is 5.78. The molecule has 0 aromatic carbocycles. The first kappa shape index (κ1) is 13.8. The van der Waals surface area contributed by atoms with E-state index in [1.165, 1.54) is 12.8 Å². The zero-order chi connectivity index (χ0) is 13.2. The van der Waals surface area contributed by atoms with Gasteiger partial charge in [-0.3, -0.25) is 9.69 Å². The Morgan fingerprint density at radius 3 is 2.50 bits per heavy atom. The summed E-state index contributed by atoms with van der Waals surface area (Å²) in [5.74, 6) is -0.770. The number of aliphatic hydroxyl groups excluding tert-OH is 1. The van der Waals surface area contributed by atoms with E-state index >= 15 is 0 Å². The number of carboxylic acids is 1. The van der Waals surface area contributed by atoms with Crippen molar-refractivity contribution in [2.45, 2.75) is 44.2 Å². The fraction of sp³-hybridized carbons (Fsp3) is 0.923. The van der Waals surface area contributed by atoms with Crippen molar-refractivity contribution < 1.29 is 15.0 Å². The second-order valence-electron chi connectivity index (χ2n) is 5.79. The van der Waals surface area contributed by atoms with Gasteiger partial charge in [0, 0.05) is 13.1 Å². The van der Waals surface area contributed by atoms with E-state index in [1.54, 1.807) is 6.92 Å². The van der Waals surface area contributed by atoms with Crippen LogP contribution in [0.1, 0.15) is 32.6 Å². The van der Waals surface area contributed by atoms with E-state index in [0.29, 0.717) is 19.5 Å². The summed E-state index contributed by atoms with van der Waals surface area (Å²) in [4.78, 5) is 15.5. The number of hydrogen-bond acceptors (Lipinski definition) is 4. The SMILES string of the molecule is CC1(C(=O)O)CCCN1CC(O)CN1CCCC1. The highest BCUT2D eigenvalue weighted by Crippen LogP contribution is 2.29. The number of carboxylic acid groups (broad SMARTS) is 1. The number of rotatable bonds is 5. The largest absolute Gasteiger partial charge is 0.480 e. The Labute approximate surface area is 108 Å². The van der Waals surface area contributed by atoms with Crippen LogP contribution in [-0.4, -0.2) is 70.3 Å². The number of likely N-dealkylation sites (tertiary alicyclic amines) is 2. The fourth-order valence-electron chi connectivity index (χ4n) is 3.13. The molecule has 0 saturated carbocycles. The summed E-state index contributed by atoms with van der Waals surface area (Å²) in [5, 5.41) is 19.4. The van der Waals surface area contributed by atoms with Gasteiger partial charge in [-0.1, -0.05) is 0 Å². The van der Waals surface area contributed by atoms with Crippen LogP contribution in [0, 0.1) is 0 Å². The zero-order valence-corrected chi connectivity index (χ0v) is 11.1. The maximum atomic E-state index is 11.3. The molecule has 2 fully saturated rings. The van der Waals surface area contributed by atoms with Crippen LogP contribution in [0.4, 0.5) is 0 Å². The maximum absolute atomic E-state index is 11.3. The molecule has 2 N–H and O–H groups in total. The van der Waals surface area contributed by atoms with Gasteiger partial charge in [-0.05, 0) is 52.2 Å². The van der Waals surface area contributed by atoms with E-state index in [0.717, 1.165) is 26.1 Å². The predicted octanol–water partition coefficient (Wildman–Crippen LogP) is 0.382. The highest BCUT2D eigenvalue weighted by atomic mass is 16.4. The number of aliphatic carboxylic acids is 1. The van der Waals surface area contributed by atoms with Crippen molar-refractivity contribution in [2.24, 2.45) is 0 Å². The summed E-state index contributed by atoms with van der Waals surface area (Å²) >= 11 is 0. The van der Waals surface area contributed by atoms with Gasteiger partial charge in [0.15, 0.2) is 0 Å². The molecule has 0 radical (unpaired) electrons. The molecule has 2 saturated heterocycles. The van der Waals surface area contributed by atoms with Gasteiger partial charge in [0.25, 0.3) is 0 Å². The first-order chi connectivity index (χ1) is 8.52. The molecule has 18 heavy (non-hydrogen) atoms. The summed E-state index contributed by atoms with van der Waals surface area (Å²) < 4.78 is 0. The van der Waals surface area contributed by atoms with Crippen molar-refractivity contribution in [1.29, 1.82) is 0 Å². The van der Waals surface area contributed by atoms with Crippen LogP contribution in [0.2, 0.25) is 0 Å². The second kappa shape index (κ2) is 5.55. The number of β-amino-alcohol motifs (C(OH)–C–C–N with tert-alkyl or cyclic N) is 1. The molecule has 5 nitrogen and oxygen atoms in total. The summed E-state index contributed by atoms with van der Waals surface area (Å²) in [6, 6.07) is 0. The number of nitrogens with zero attached hydrogens (tertiary/aromatic N) is 2. The van der Waals surface area contributed by atoms with Gasteiger partial charge in [-0.15, -0.1) is 0 Å². The molecular formula is C13H24N2O3. The minimum atomic E-state index is -0.786. The van der Waals surface area contributed by atoms with Crippen molar-refractivity contribution in [3.8, 4) is 0 Å². The Kier molecular flexibility index (Phi) is 4.25. The lowest BCUT2D eigenvalue weighted by atomic mass is 9.99. The molecule has 0 aromatic heterocycles. The standard InChI is InChI=1S/C13H24N2O3/c1-13(12(17)18)5-4-8-15(13)10-11(16)9-14-6-2-3-7-14/h11,16H,2-10H2,1H3,(H,17,18). The molecule has 0 aromatic rings. The van der Waals surface area contributed by atoms with Crippen LogP contribution in [0.3, 0.4) is 0 Å². The Morgan fingerprint density at radius 1 is 1.22 bits per heavy atom. The monoisotopic (exact) mass is 256 g/mol. The maximum Gasteiger partial charge on any atom is 0.323 e. The molecule has 2 aliphatic rings. The Morgan fingerprint density at radius 2 is 1.89 bits per heavy atom. The van der Waals surface area contributed by atoms with Crippen molar-refractivity contribution in [2.75, 3.05) is 32.7 Å². The van der Waals surface area contributed by atoms with Gasteiger partial charge in [0.05, 0.1) is 6.10 Å². The van der Waals surface area contributed by atoms with Crippen LogP contribution < -0.4 is 0 Å². The van der Waals surface area contributed by atoms with Crippen LogP contribution in [0.25, 0.3) is 0 Å². The number of hydrogen-bond donors (Lipinski definition) is 2. The van der Waals surface area contributed by atoms with Crippen LogP contribution in [0.5, 0.6) is 0 Å². The lowest BCUT2D eigenvalue weighted by molar-refractivity contribution is -0.149. The van der Waals surface area contributed by atoms with E-state index < -0.39 is 17.6 Å². The minimum absolute atomic E-state index is 0.445. The van der Waals surface area contributed by atoms with Gasteiger partial charge < -0.3 is 15.1 Å². The van der Waals surface area contributed by atoms with Crippen LogP contribution >= 0.6 is 0 Å². The first-order valence-electron chi connectivity index (χ1n) is 6.91. The quantitative estimate of drug-likeness (QED) is 0.744. The lowest BCUT2D eigenvalue weighted by Gasteiger charge is -2.33. The van der Waals surface area contributed by atoms with Gasteiger partial charge in [0.1, 0.15) is 5.54 Å². The van der Waals surface area contributed by atoms with Crippen molar-refractivity contribution >= 4 is 5.97 Å². The third kappa shape index (κ3) is 2.84. The van der Waals surface area contributed by atoms with Gasteiger partial charge >= 0.3 is 5.97 Å². The molecule has 104 valence electrons. The summed E-state index contributed by atoms with van der Waals surface area (Å²) in [5.41, 5.74) is -0.786. The summed E-state index contributed by atoms with van der Waals surface area (Å²) in [6.07, 6.45) is 3.56. The molecule has 5 heteroatoms. The van der Waals surface area contributed by atoms with Crippen molar-refractivity contribution in [3.63, 3.8) is 0 Å². The van der Waals surface area contributed by atoms with E-state index in [9.17, 15) is 15.0 Å². The molecule has 2 heterocycles. The fourth-order valence-corrected chi connectivity index (χ4v) is 3.13. The Bertz CT molecular complexity index is 305. The highest BCUT2D eigenvalue weighted by Gasteiger charge is 2.43. The Balaban J connectivity index is 1.85. The lowest BCUT2D eigenvalue weighted by Crippen LogP contribution is -2.51. The molecular weight excluding hydrogens is 232 g/mol. The predicted molar refractivity (Wildman–Crippen MR) is 68.5 cm³/mol. The zero-order valence-electron chi connectivity index (χ0n) is 11.1. The Hall–Kier alpha value is -0.650. The topological polar surface area (TPSA) is 64.0 Å². The van der Waals surface area contributed by atoms with E-state index in [2.05, 4.69) is 4.90 Å². The van der Waals surface area contributed by atoms with Gasteiger partial charge in [0.2, 0.25) is 0 Å². The smallest absolute Gasteiger partial charge is 0.323 e. The van der Waals surface area contributed by atoms with Gasteiger partial charge in [-0.25, -0.2) is 0 Å². The van der Waals surface area contributed by atoms with E-state index in [1.807, 2.05) is 4.90 Å². The molecule has 0 spiro atoms. The summed E-state index contributed by atoms with van der Waals surface area (Å²) in [7, 11) is 0. The van der Waals surface area contributed by atoms with Crippen LogP contribution in [-0.2, 0) is 4.79 Å². The number of aliphatic hydroxyl groups is 1. The van der Waals surface area contributed by atoms with E-state index in [-0.39, 0.29) is 0 Å². The van der Waals surface area contributed by atoms with Crippen molar-refractivity contribution in [1.82, 2.24) is 9.80 Å². The third-order valence-corrected chi connectivity index (χ3v) is 4.35. The van der Waals surface area contributed by atoms with Crippen molar-refractivity contribution in [3.05, 3.63) is 0 Å². The molecule has 2 aliphatic heterocycles. The molecule has 2 rings (SSSR count). The minimum Gasteiger partial charge on any atom is -0.480 e. The average Bonchev–Trinajstić information content (AvgIpc) is 2.90. The molecule has 0 bridgehead atoms. The first-order valence-corrected chi connectivity index (χ1v) is 6.91. The average molecular weight is 256 g/mol. The summed E-state index contributed by atoms with van der Waals surface area (Å²) in [6.45, 7) is 5.82. The molecule has 0 amide bonds.